The summed E-state index contributed by atoms with van der Waals surface area (Å²) in [6.45, 7) is 9.11. The second-order valence-electron chi connectivity index (χ2n) is 5.09. The fourth-order valence-corrected chi connectivity index (χ4v) is 3.08. The number of likely N-dealkylation sites (N-methyl/N-ethyl adjacent to an activating group) is 1. The topological polar surface area (TPSA) is 71.2 Å². The normalized spacial score (nSPS) is 12.8. The van der Waals surface area contributed by atoms with Crippen molar-refractivity contribution in [3.8, 4) is 0 Å². The predicted octanol–water partition coefficient (Wildman–Crippen LogP) is 2.34. The zero-order chi connectivity index (χ0) is 15.4. The average Bonchev–Trinajstić information content (AvgIpc) is 2.83. The molecular formula is C15H22N4OS. The summed E-state index contributed by atoms with van der Waals surface area (Å²) in [7, 11) is 0. The molecule has 114 valence electrons. The van der Waals surface area contributed by atoms with E-state index in [1.165, 1.54) is 11.3 Å². The summed E-state index contributed by atoms with van der Waals surface area (Å²) in [5.41, 5.74) is 7.17. The molecule has 1 heterocycles. The van der Waals surface area contributed by atoms with E-state index in [2.05, 4.69) is 29.0 Å². The molecule has 0 aliphatic heterocycles. The number of hydrogen-bond acceptors (Lipinski definition) is 5. The average molecular weight is 306 g/mol. The van der Waals surface area contributed by atoms with Gasteiger partial charge in [-0.15, -0.1) is 0 Å². The first-order valence-corrected chi connectivity index (χ1v) is 8.04. The maximum atomic E-state index is 12.3. The van der Waals surface area contributed by atoms with Gasteiger partial charge in [-0.25, -0.2) is 4.98 Å². The summed E-state index contributed by atoms with van der Waals surface area (Å²) < 4.78 is 0.941. The monoisotopic (exact) mass is 306 g/mol. The highest BCUT2D eigenvalue weighted by molar-refractivity contribution is 7.22. The molecule has 1 unspecified atom stereocenters. The van der Waals surface area contributed by atoms with Crippen LogP contribution >= 0.6 is 11.3 Å². The van der Waals surface area contributed by atoms with Crippen LogP contribution in [0, 0.1) is 0 Å². The van der Waals surface area contributed by atoms with Gasteiger partial charge < -0.3 is 16.0 Å². The number of nitrogens with two attached hydrogens (primary N) is 1. The maximum absolute atomic E-state index is 12.3. The van der Waals surface area contributed by atoms with E-state index in [1.807, 2.05) is 19.1 Å². The molecule has 1 aromatic carbocycles. The third-order valence-electron chi connectivity index (χ3n) is 3.47. The number of thiazole rings is 1. The molecule has 1 atom stereocenters. The Morgan fingerprint density at radius 2 is 2.14 bits per heavy atom. The number of nitrogen functional groups attached to an aromatic ring is 1. The standard InChI is InChI=1S/C15H22N4OS/c1-4-19(5-2)9-10(3)17-14(20)11-6-7-12-13(8-11)21-15(16)18-12/h6-8,10H,4-5,9H2,1-3H3,(H2,16,18)(H,17,20). The van der Waals surface area contributed by atoms with E-state index < -0.39 is 0 Å². The first-order chi connectivity index (χ1) is 10.0. The van der Waals surface area contributed by atoms with Gasteiger partial charge >= 0.3 is 0 Å². The minimum absolute atomic E-state index is 0.0523. The molecule has 0 bridgehead atoms. The van der Waals surface area contributed by atoms with E-state index in [1.54, 1.807) is 6.07 Å². The van der Waals surface area contributed by atoms with Gasteiger partial charge in [0.2, 0.25) is 0 Å². The molecule has 0 aliphatic rings. The van der Waals surface area contributed by atoms with Gasteiger partial charge in [-0.1, -0.05) is 25.2 Å². The van der Waals surface area contributed by atoms with Crippen LogP contribution in [0.25, 0.3) is 10.2 Å². The quantitative estimate of drug-likeness (QED) is 0.859. The van der Waals surface area contributed by atoms with Crippen LogP contribution in [-0.4, -0.2) is 41.5 Å². The fourth-order valence-electron chi connectivity index (χ4n) is 2.31. The number of fused-ring (bicyclic) bond motifs is 1. The SMILES string of the molecule is CCN(CC)CC(C)NC(=O)c1ccc2nc(N)sc2c1. The Bertz CT molecular complexity index is 621. The molecule has 5 nitrogen and oxygen atoms in total. The van der Waals surface area contributed by atoms with Crippen LogP contribution in [0.5, 0.6) is 0 Å². The number of aromatic nitrogens is 1. The van der Waals surface area contributed by atoms with Crippen LogP contribution in [0.4, 0.5) is 5.13 Å². The van der Waals surface area contributed by atoms with Crippen LogP contribution in [0.3, 0.4) is 0 Å². The van der Waals surface area contributed by atoms with Crippen LogP contribution in [-0.2, 0) is 0 Å². The third kappa shape index (κ3) is 3.92. The zero-order valence-electron chi connectivity index (χ0n) is 12.7. The van der Waals surface area contributed by atoms with Crippen LogP contribution in [0.15, 0.2) is 18.2 Å². The van der Waals surface area contributed by atoms with Gasteiger partial charge in [-0.2, -0.15) is 0 Å². The van der Waals surface area contributed by atoms with E-state index in [0.717, 1.165) is 29.9 Å². The molecule has 21 heavy (non-hydrogen) atoms. The molecule has 0 spiro atoms. The minimum atomic E-state index is -0.0523. The van der Waals surface area contributed by atoms with Gasteiger partial charge in [0.15, 0.2) is 5.13 Å². The van der Waals surface area contributed by atoms with Gasteiger partial charge in [-0.3, -0.25) is 4.79 Å². The first kappa shape index (κ1) is 15.7. The number of carbonyl (C=O) groups is 1. The van der Waals surface area contributed by atoms with E-state index >= 15 is 0 Å². The molecule has 0 saturated carbocycles. The summed E-state index contributed by atoms with van der Waals surface area (Å²) in [4.78, 5) is 18.8. The highest BCUT2D eigenvalue weighted by Gasteiger charge is 2.13. The smallest absolute Gasteiger partial charge is 0.251 e. The Hall–Kier alpha value is -1.66. The van der Waals surface area contributed by atoms with E-state index in [-0.39, 0.29) is 11.9 Å². The summed E-state index contributed by atoms with van der Waals surface area (Å²) in [6, 6.07) is 5.59. The van der Waals surface area contributed by atoms with Crippen LogP contribution in [0.2, 0.25) is 0 Å². The molecular weight excluding hydrogens is 284 g/mol. The second-order valence-corrected chi connectivity index (χ2v) is 6.16. The third-order valence-corrected chi connectivity index (χ3v) is 4.32. The molecule has 0 fully saturated rings. The Balaban J connectivity index is 2.04. The number of benzene rings is 1. The van der Waals surface area contributed by atoms with Crippen molar-refractivity contribution in [3.63, 3.8) is 0 Å². The minimum Gasteiger partial charge on any atom is -0.375 e. The van der Waals surface area contributed by atoms with Crippen molar-refractivity contribution in [2.45, 2.75) is 26.8 Å². The first-order valence-electron chi connectivity index (χ1n) is 7.22. The summed E-state index contributed by atoms with van der Waals surface area (Å²) in [6.07, 6.45) is 0. The van der Waals surface area contributed by atoms with E-state index in [0.29, 0.717) is 10.7 Å². The number of hydrogen-bond donors (Lipinski definition) is 2. The number of rotatable bonds is 6. The molecule has 1 aromatic heterocycles. The molecule has 2 aromatic rings. The highest BCUT2D eigenvalue weighted by atomic mass is 32.1. The number of amides is 1. The van der Waals surface area contributed by atoms with Gasteiger partial charge in [0, 0.05) is 18.2 Å². The molecule has 2 rings (SSSR count). The molecule has 6 heteroatoms. The fraction of sp³-hybridized carbons (Fsp3) is 0.467. The van der Waals surface area contributed by atoms with Crippen molar-refractivity contribution >= 4 is 32.6 Å². The van der Waals surface area contributed by atoms with E-state index in [9.17, 15) is 4.79 Å². The number of nitrogens with zero attached hydrogens (tertiary/aromatic N) is 2. The Morgan fingerprint density at radius 1 is 1.43 bits per heavy atom. The zero-order valence-corrected chi connectivity index (χ0v) is 13.5. The highest BCUT2D eigenvalue weighted by Crippen LogP contribution is 2.24. The van der Waals surface area contributed by atoms with E-state index in [4.69, 9.17) is 5.73 Å². The van der Waals surface area contributed by atoms with Crippen LogP contribution < -0.4 is 11.1 Å². The lowest BCUT2D eigenvalue weighted by Crippen LogP contribution is -2.41. The van der Waals surface area contributed by atoms with Crippen molar-refractivity contribution < 1.29 is 4.79 Å². The van der Waals surface area contributed by atoms with Crippen molar-refractivity contribution in [3.05, 3.63) is 23.8 Å². The molecule has 1 amide bonds. The van der Waals surface area contributed by atoms with Gasteiger partial charge in [0.25, 0.3) is 5.91 Å². The van der Waals surface area contributed by atoms with Crippen LogP contribution in [0.1, 0.15) is 31.1 Å². The molecule has 0 saturated heterocycles. The Morgan fingerprint density at radius 3 is 2.81 bits per heavy atom. The molecule has 0 radical (unpaired) electrons. The van der Waals surface area contributed by atoms with Gasteiger partial charge in [0.1, 0.15) is 0 Å². The summed E-state index contributed by atoms with van der Waals surface area (Å²) in [5.74, 6) is -0.0523. The lowest BCUT2D eigenvalue weighted by atomic mass is 10.2. The Kier molecular flexibility index (Phi) is 5.14. The largest absolute Gasteiger partial charge is 0.375 e. The summed E-state index contributed by atoms with van der Waals surface area (Å²) in [5, 5.41) is 3.56. The van der Waals surface area contributed by atoms with Gasteiger partial charge in [0.05, 0.1) is 10.2 Å². The number of carbonyl (C=O) groups excluding carboxylic acids is 1. The van der Waals surface area contributed by atoms with Crippen molar-refractivity contribution in [1.29, 1.82) is 0 Å². The van der Waals surface area contributed by atoms with Crippen molar-refractivity contribution in [2.75, 3.05) is 25.4 Å². The lowest BCUT2D eigenvalue weighted by Gasteiger charge is -2.23. The second kappa shape index (κ2) is 6.87. The van der Waals surface area contributed by atoms with Crippen molar-refractivity contribution in [1.82, 2.24) is 15.2 Å². The lowest BCUT2D eigenvalue weighted by molar-refractivity contribution is 0.0930. The van der Waals surface area contributed by atoms with Gasteiger partial charge in [-0.05, 0) is 38.2 Å². The molecule has 0 aliphatic carbocycles. The maximum Gasteiger partial charge on any atom is 0.251 e. The summed E-state index contributed by atoms with van der Waals surface area (Å²) >= 11 is 1.40. The predicted molar refractivity (Wildman–Crippen MR) is 88.7 cm³/mol. The Labute approximate surface area is 129 Å². The van der Waals surface area contributed by atoms with Crippen molar-refractivity contribution in [2.24, 2.45) is 0 Å². The number of anilines is 1. The molecule has 3 N–H and O–H groups in total. The number of nitrogens with one attached hydrogen (secondary N) is 1.